The molecular formula is C17H25N3S. The van der Waals surface area contributed by atoms with E-state index in [0.29, 0.717) is 5.92 Å². The van der Waals surface area contributed by atoms with Crippen molar-refractivity contribution in [1.82, 2.24) is 9.88 Å². The van der Waals surface area contributed by atoms with E-state index in [1.54, 1.807) is 11.3 Å². The van der Waals surface area contributed by atoms with Crippen LogP contribution in [0.3, 0.4) is 0 Å². The average Bonchev–Trinajstić information content (AvgIpc) is 2.94. The highest BCUT2D eigenvalue weighted by Crippen LogP contribution is 2.20. The molecule has 3 nitrogen and oxygen atoms in total. The van der Waals surface area contributed by atoms with Gasteiger partial charge in [0.1, 0.15) is 0 Å². The molecule has 21 heavy (non-hydrogen) atoms. The highest BCUT2D eigenvalue weighted by molar-refractivity contribution is 7.09. The number of nitrogens with two attached hydrogens (primary N) is 1. The summed E-state index contributed by atoms with van der Waals surface area (Å²) >= 11 is 1.77. The molecule has 1 aromatic carbocycles. The molecule has 0 fully saturated rings. The number of thiazole rings is 1. The molecule has 0 saturated carbocycles. The Balaban J connectivity index is 2.01. The molecule has 114 valence electrons. The van der Waals surface area contributed by atoms with Crippen LogP contribution in [0.25, 0.3) is 0 Å². The second kappa shape index (κ2) is 8.27. The summed E-state index contributed by atoms with van der Waals surface area (Å²) < 4.78 is 0. The molecule has 1 heterocycles. The van der Waals surface area contributed by atoms with Crippen LogP contribution in [0.5, 0.6) is 0 Å². The predicted octanol–water partition coefficient (Wildman–Crippen LogP) is 3.62. The quantitative estimate of drug-likeness (QED) is 0.810. The number of hydrogen-bond donors (Lipinski definition) is 1. The van der Waals surface area contributed by atoms with Crippen LogP contribution in [0.15, 0.2) is 35.7 Å². The number of rotatable bonds is 8. The molecule has 0 saturated heterocycles. The molecule has 2 N–H and O–H groups in total. The lowest BCUT2D eigenvalue weighted by molar-refractivity contribution is 0.252. The van der Waals surface area contributed by atoms with E-state index in [-0.39, 0.29) is 0 Å². The molecule has 0 unspecified atom stereocenters. The summed E-state index contributed by atoms with van der Waals surface area (Å²) in [6, 6.07) is 10.6. The van der Waals surface area contributed by atoms with Crippen LogP contribution in [-0.2, 0) is 13.1 Å². The van der Waals surface area contributed by atoms with Crippen molar-refractivity contribution in [1.29, 1.82) is 0 Å². The minimum atomic E-state index is 0.510. The Bertz CT molecular complexity index is 522. The van der Waals surface area contributed by atoms with Gasteiger partial charge in [0, 0.05) is 30.9 Å². The molecule has 4 heteroatoms. The van der Waals surface area contributed by atoms with E-state index < -0.39 is 0 Å². The van der Waals surface area contributed by atoms with Crippen LogP contribution in [0.4, 0.5) is 0 Å². The smallest absolute Gasteiger partial charge is 0.0954 e. The molecule has 0 aliphatic rings. The summed E-state index contributed by atoms with van der Waals surface area (Å²) in [5, 5.41) is 3.42. The van der Waals surface area contributed by atoms with E-state index in [1.807, 2.05) is 0 Å². The van der Waals surface area contributed by atoms with Crippen molar-refractivity contribution < 1.29 is 0 Å². The van der Waals surface area contributed by atoms with E-state index in [0.717, 1.165) is 32.6 Å². The molecule has 0 aliphatic heterocycles. The predicted molar refractivity (Wildman–Crippen MR) is 90.4 cm³/mol. The first-order chi connectivity index (χ1) is 10.2. The van der Waals surface area contributed by atoms with Gasteiger partial charge in [0.05, 0.1) is 10.7 Å². The van der Waals surface area contributed by atoms with Gasteiger partial charge in [-0.3, -0.25) is 4.90 Å². The van der Waals surface area contributed by atoms with Crippen molar-refractivity contribution in [3.8, 4) is 0 Å². The minimum absolute atomic E-state index is 0.510. The minimum Gasteiger partial charge on any atom is -0.330 e. The summed E-state index contributed by atoms with van der Waals surface area (Å²) in [5.41, 5.74) is 8.19. The lowest BCUT2D eigenvalue weighted by Crippen LogP contribution is -2.25. The van der Waals surface area contributed by atoms with Gasteiger partial charge in [-0.1, -0.05) is 44.2 Å². The monoisotopic (exact) mass is 303 g/mol. The molecule has 0 bridgehead atoms. The van der Waals surface area contributed by atoms with E-state index in [4.69, 9.17) is 10.7 Å². The van der Waals surface area contributed by atoms with Crippen LogP contribution in [0, 0.1) is 0 Å². The van der Waals surface area contributed by atoms with Crippen molar-refractivity contribution in [2.45, 2.75) is 39.3 Å². The van der Waals surface area contributed by atoms with Crippen molar-refractivity contribution in [2.75, 3.05) is 13.1 Å². The third-order valence-electron chi connectivity index (χ3n) is 3.38. The van der Waals surface area contributed by atoms with Crippen molar-refractivity contribution in [2.24, 2.45) is 5.73 Å². The summed E-state index contributed by atoms with van der Waals surface area (Å²) in [4.78, 5) is 7.18. The molecule has 0 spiro atoms. The first-order valence-corrected chi connectivity index (χ1v) is 8.47. The van der Waals surface area contributed by atoms with Crippen molar-refractivity contribution in [3.05, 3.63) is 52.0 Å². The Morgan fingerprint density at radius 2 is 1.95 bits per heavy atom. The zero-order valence-corrected chi connectivity index (χ0v) is 13.8. The second-order valence-corrected chi connectivity index (χ2v) is 6.56. The van der Waals surface area contributed by atoms with E-state index in [1.165, 1.54) is 16.3 Å². The molecule has 0 radical (unpaired) electrons. The van der Waals surface area contributed by atoms with E-state index >= 15 is 0 Å². The largest absolute Gasteiger partial charge is 0.330 e. The normalized spacial score (nSPS) is 11.5. The topological polar surface area (TPSA) is 42.2 Å². The van der Waals surface area contributed by atoms with Crippen LogP contribution in [0.1, 0.15) is 42.5 Å². The summed E-state index contributed by atoms with van der Waals surface area (Å²) in [6.45, 7) is 7.99. The van der Waals surface area contributed by atoms with Gasteiger partial charge in [0.25, 0.3) is 0 Å². The van der Waals surface area contributed by atoms with Crippen LogP contribution in [-0.4, -0.2) is 23.0 Å². The van der Waals surface area contributed by atoms with Gasteiger partial charge in [-0.2, -0.15) is 0 Å². The fourth-order valence-electron chi connectivity index (χ4n) is 2.26. The van der Waals surface area contributed by atoms with Crippen molar-refractivity contribution >= 4 is 11.3 Å². The maximum Gasteiger partial charge on any atom is 0.0954 e. The lowest BCUT2D eigenvalue weighted by Gasteiger charge is -2.21. The average molecular weight is 303 g/mol. The van der Waals surface area contributed by atoms with Gasteiger partial charge in [0.15, 0.2) is 0 Å². The lowest BCUT2D eigenvalue weighted by atomic mass is 10.2. The van der Waals surface area contributed by atoms with Gasteiger partial charge < -0.3 is 5.73 Å². The Labute approximate surface area is 131 Å². The summed E-state index contributed by atoms with van der Waals surface area (Å²) in [6.07, 6.45) is 1.02. The first-order valence-electron chi connectivity index (χ1n) is 7.59. The molecule has 0 aliphatic carbocycles. The number of hydrogen-bond acceptors (Lipinski definition) is 4. The van der Waals surface area contributed by atoms with Gasteiger partial charge in [-0.05, 0) is 18.5 Å². The van der Waals surface area contributed by atoms with E-state index in [9.17, 15) is 0 Å². The molecule has 1 aromatic heterocycles. The molecule has 0 amide bonds. The Hall–Kier alpha value is -1.23. The number of nitrogens with zero attached hydrogens (tertiary/aromatic N) is 2. The molecular weight excluding hydrogens is 278 g/mol. The third-order valence-corrected chi connectivity index (χ3v) is 4.57. The Morgan fingerprint density at radius 3 is 2.57 bits per heavy atom. The fourth-order valence-corrected chi connectivity index (χ4v) is 3.09. The van der Waals surface area contributed by atoms with Gasteiger partial charge in [-0.25, -0.2) is 4.98 Å². The van der Waals surface area contributed by atoms with Crippen LogP contribution < -0.4 is 5.73 Å². The molecule has 2 rings (SSSR count). The third kappa shape index (κ3) is 5.23. The van der Waals surface area contributed by atoms with Crippen molar-refractivity contribution in [3.63, 3.8) is 0 Å². The van der Waals surface area contributed by atoms with E-state index in [2.05, 4.69) is 54.5 Å². The van der Waals surface area contributed by atoms with Crippen LogP contribution >= 0.6 is 11.3 Å². The second-order valence-electron chi connectivity index (χ2n) is 5.67. The summed E-state index contributed by atoms with van der Waals surface area (Å²) in [7, 11) is 0. The molecule has 2 aromatic rings. The Kier molecular flexibility index (Phi) is 6.36. The Morgan fingerprint density at radius 1 is 1.19 bits per heavy atom. The highest BCUT2D eigenvalue weighted by atomic mass is 32.1. The molecule has 0 atom stereocenters. The summed E-state index contributed by atoms with van der Waals surface area (Å²) in [5.74, 6) is 0.510. The first kappa shape index (κ1) is 16.1. The standard InChI is InChI=1S/C17H25N3S/c1-14(2)17-19-16(13-21-17)12-20(10-6-9-18)11-15-7-4-3-5-8-15/h3-5,7-8,13-14H,6,9-12,18H2,1-2H3. The van der Waals surface area contributed by atoms with Crippen LogP contribution in [0.2, 0.25) is 0 Å². The maximum atomic E-state index is 5.67. The maximum absolute atomic E-state index is 5.67. The number of benzene rings is 1. The SMILES string of the molecule is CC(C)c1nc(CN(CCCN)Cc2ccccc2)cs1. The van der Waals surface area contributed by atoms with Gasteiger partial charge >= 0.3 is 0 Å². The fraction of sp³-hybridized carbons (Fsp3) is 0.471. The van der Waals surface area contributed by atoms with Gasteiger partial charge in [0.2, 0.25) is 0 Å². The number of aromatic nitrogens is 1. The van der Waals surface area contributed by atoms with Gasteiger partial charge in [-0.15, -0.1) is 11.3 Å². The zero-order valence-electron chi connectivity index (χ0n) is 13.0. The highest BCUT2D eigenvalue weighted by Gasteiger charge is 2.11. The zero-order chi connectivity index (χ0) is 15.1.